The Balaban J connectivity index is 1.53. The second-order valence-corrected chi connectivity index (χ2v) is 9.27. The van der Waals surface area contributed by atoms with E-state index in [2.05, 4.69) is 23.2 Å². The van der Waals surface area contributed by atoms with Crippen LogP contribution in [0, 0.1) is 11.6 Å². The molecule has 2 aromatic carbocycles. The van der Waals surface area contributed by atoms with Crippen LogP contribution in [0.4, 0.5) is 8.78 Å². The molecule has 30 heavy (non-hydrogen) atoms. The first-order valence-corrected chi connectivity index (χ1v) is 11.4. The molecule has 0 spiro atoms. The van der Waals surface area contributed by atoms with Crippen LogP contribution in [0.2, 0.25) is 0 Å². The van der Waals surface area contributed by atoms with Crippen LogP contribution in [0.5, 0.6) is 0 Å². The highest BCUT2D eigenvalue weighted by atomic mass is 32.1. The summed E-state index contributed by atoms with van der Waals surface area (Å²) >= 11 is 3.02. The average molecular weight is 438 g/mol. The zero-order valence-corrected chi connectivity index (χ0v) is 17.6. The second kappa shape index (κ2) is 7.85. The fourth-order valence-electron chi connectivity index (χ4n) is 3.90. The topological polar surface area (TPSA) is 30.0 Å². The highest BCUT2D eigenvalue weighted by molar-refractivity contribution is 7.17. The van der Waals surface area contributed by atoms with Gasteiger partial charge in [0.2, 0.25) is 0 Å². The number of Topliss-reactive ketones (excluding diaryl/α,β-unsaturated/α-hetero) is 1. The molecule has 1 aliphatic carbocycles. The number of benzene rings is 2. The molecule has 5 rings (SSSR count). The third kappa shape index (κ3) is 3.50. The Kier molecular flexibility index (Phi) is 5.05. The number of thiophene rings is 1. The van der Waals surface area contributed by atoms with E-state index in [1.54, 1.807) is 17.5 Å². The summed E-state index contributed by atoms with van der Waals surface area (Å²) in [4.78, 5) is 18.9. The molecule has 0 amide bonds. The third-order valence-electron chi connectivity index (χ3n) is 5.41. The van der Waals surface area contributed by atoms with Gasteiger partial charge in [0.1, 0.15) is 16.6 Å². The second-order valence-electron chi connectivity index (χ2n) is 7.33. The number of aryl methyl sites for hydroxylation is 2. The van der Waals surface area contributed by atoms with Gasteiger partial charge in [0.25, 0.3) is 0 Å². The van der Waals surface area contributed by atoms with E-state index in [0.717, 1.165) is 45.8 Å². The standard InChI is InChI=1S/C24H17F2NOS2/c25-19-5-2-6-20(26)18(19)13-21(28)22-12-15-4-1-3-14-7-8-16(24-27-9-10-29-24)11-17(14)23(15)30-22/h2,5-12H,1,3-4,13H2. The summed E-state index contributed by atoms with van der Waals surface area (Å²) in [6.45, 7) is 0. The van der Waals surface area contributed by atoms with Crippen LogP contribution in [0.25, 0.3) is 21.0 Å². The van der Waals surface area contributed by atoms with E-state index >= 15 is 0 Å². The maximum Gasteiger partial charge on any atom is 0.177 e. The third-order valence-corrected chi connectivity index (χ3v) is 7.48. The van der Waals surface area contributed by atoms with Crippen molar-refractivity contribution >= 4 is 28.5 Å². The minimum atomic E-state index is -0.681. The van der Waals surface area contributed by atoms with Crippen LogP contribution in [0.1, 0.15) is 32.8 Å². The minimum Gasteiger partial charge on any atom is -0.293 e. The van der Waals surface area contributed by atoms with Gasteiger partial charge in [0.05, 0.1) is 4.88 Å². The molecule has 0 unspecified atom stereocenters. The highest BCUT2D eigenvalue weighted by Crippen LogP contribution is 2.41. The molecule has 0 saturated carbocycles. The van der Waals surface area contributed by atoms with Gasteiger partial charge >= 0.3 is 0 Å². The first kappa shape index (κ1) is 19.3. The number of fused-ring (bicyclic) bond motifs is 3. The van der Waals surface area contributed by atoms with Gasteiger partial charge in [0.15, 0.2) is 5.78 Å². The molecule has 1 aliphatic rings. The number of ketones is 1. The molecule has 2 nitrogen and oxygen atoms in total. The molecular weight excluding hydrogens is 420 g/mol. The maximum atomic E-state index is 14.0. The summed E-state index contributed by atoms with van der Waals surface area (Å²) < 4.78 is 28.0. The number of halogens is 2. The smallest absolute Gasteiger partial charge is 0.177 e. The number of nitrogens with zero attached hydrogens (tertiary/aromatic N) is 1. The molecule has 0 atom stereocenters. The predicted octanol–water partition coefficient (Wildman–Crippen LogP) is 6.73. The van der Waals surface area contributed by atoms with Gasteiger partial charge in [-0.1, -0.05) is 18.2 Å². The lowest BCUT2D eigenvalue weighted by Gasteiger charge is -2.08. The van der Waals surface area contributed by atoms with Gasteiger partial charge in [-0.3, -0.25) is 4.79 Å². The summed E-state index contributed by atoms with van der Waals surface area (Å²) in [5, 5.41) is 2.92. The molecule has 6 heteroatoms. The zero-order chi connectivity index (χ0) is 20.7. The van der Waals surface area contributed by atoms with E-state index in [1.807, 2.05) is 11.4 Å². The summed E-state index contributed by atoms with van der Waals surface area (Å²) in [7, 11) is 0. The predicted molar refractivity (Wildman–Crippen MR) is 117 cm³/mol. The molecule has 2 aromatic heterocycles. The van der Waals surface area contributed by atoms with E-state index < -0.39 is 11.6 Å². The molecule has 0 radical (unpaired) electrons. The van der Waals surface area contributed by atoms with Crippen LogP contribution in [-0.4, -0.2) is 10.8 Å². The number of hydrogen-bond acceptors (Lipinski definition) is 4. The van der Waals surface area contributed by atoms with Crippen LogP contribution >= 0.6 is 22.7 Å². The molecule has 0 fully saturated rings. The van der Waals surface area contributed by atoms with Crippen LogP contribution < -0.4 is 0 Å². The lowest BCUT2D eigenvalue weighted by atomic mass is 10.0. The molecule has 0 saturated heterocycles. The molecule has 0 aliphatic heterocycles. The van der Waals surface area contributed by atoms with Crippen molar-refractivity contribution in [2.75, 3.05) is 0 Å². The van der Waals surface area contributed by atoms with Gasteiger partial charge in [0, 0.05) is 34.0 Å². The van der Waals surface area contributed by atoms with Crippen molar-refractivity contribution in [1.29, 1.82) is 0 Å². The molecule has 150 valence electrons. The van der Waals surface area contributed by atoms with Crippen LogP contribution in [0.15, 0.2) is 54.0 Å². The van der Waals surface area contributed by atoms with E-state index in [0.29, 0.717) is 4.88 Å². The lowest BCUT2D eigenvalue weighted by molar-refractivity contribution is 0.0994. The van der Waals surface area contributed by atoms with Crippen molar-refractivity contribution in [3.63, 3.8) is 0 Å². The normalized spacial score (nSPS) is 12.9. The maximum absolute atomic E-state index is 14.0. The Morgan fingerprint density at radius 1 is 1.03 bits per heavy atom. The van der Waals surface area contributed by atoms with Crippen LogP contribution in [0.3, 0.4) is 0 Å². The summed E-state index contributed by atoms with van der Waals surface area (Å²) in [5.41, 5.74) is 4.42. The van der Waals surface area contributed by atoms with E-state index in [1.165, 1.54) is 35.1 Å². The number of rotatable bonds is 4. The highest BCUT2D eigenvalue weighted by Gasteiger charge is 2.22. The van der Waals surface area contributed by atoms with E-state index in [-0.39, 0.29) is 17.8 Å². The Bertz CT molecular complexity index is 1220. The largest absolute Gasteiger partial charge is 0.293 e. The molecule has 2 heterocycles. The molecule has 0 bridgehead atoms. The number of aromatic nitrogens is 1. The summed E-state index contributed by atoms with van der Waals surface area (Å²) in [5.74, 6) is -1.62. The Morgan fingerprint density at radius 2 is 1.83 bits per heavy atom. The minimum absolute atomic E-state index is 0.169. The van der Waals surface area contributed by atoms with Gasteiger partial charge < -0.3 is 0 Å². The average Bonchev–Trinajstić information content (AvgIpc) is 3.39. The van der Waals surface area contributed by atoms with Crippen molar-refractivity contribution in [3.8, 4) is 21.0 Å². The van der Waals surface area contributed by atoms with Crippen molar-refractivity contribution in [3.05, 3.63) is 87.2 Å². The number of thiazole rings is 1. The number of hydrogen-bond donors (Lipinski definition) is 0. The fourth-order valence-corrected chi connectivity index (χ4v) is 5.74. The van der Waals surface area contributed by atoms with Gasteiger partial charge in [-0.05, 0) is 60.2 Å². The van der Waals surface area contributed by atoms with Crippen molar-refractivity contribution in [1.82, 2.24) is 4.98 Å². The monoisotopic (exact) mass is 437 g/mol. The molecular formula is C24H17F2NOS2. The Morgan fingerprint density at radius 3 is 2.60 bits per heavy atom. The zero-order valence-electron chi connectivity index (χ0n) is 16.0. The summed E-state index contributed by atoms with van der Waals surface area (Å²) in [6.07, 6.45) is 4.39. The summed E-state index contributed by atoms with van der Waals surface area (Å²) in [6, 6.07) is 12.0. The van der Waals surface area contributed by atoms with Crippen molar-refractivity contribution in [2.45, 2.75) is 25.7 Å². The van der Waals surface area contributed by atoms with E-state index in [9.17, 15) is 13.6 Å². The van der Waals surface area contributed by atoms with E-state index in [4.69, 9.17) is 0 Å². The SMILES string of the molecule is O=C(Cc1c(F)cccc1F)c1cc2c(s1)-c1cc(-c3nccs3)ccc1CCC2. The lowest BCUT2D eigenvalue weighted by Crippen LogP contribution is -2.05. The quantitative estimate of drug-likeness (QED) is 0.331. The van der Waals surface area contributed by atoms with Gasteiger partial charge in [-0.15, -0.1) is 22.7 Å². The van der Waals surface area contributed by atoms with Crippen LogP contribution in [-0.2, 0) is 19.3 Å². The first-order chi connectivity index (χ1) is 14.6. The number of carbonyl (C=O) groups is 1. The molecule has 0 N–H and O–H groups in total. The van der Waals surface area contributed by atoms with Gasteiger partial charge in [-0.2, -0.15) is 0 Å². The number of carbonyl (C=O) groups excluding carboxylic acids is 1. The Hall–Kier alpha value is -2.70. The Labute approximate surface area is 180 Å². The first-order valence-electron chi connectivity index (χ1n) is 9.72. The van der Waals surface area contributed by atoms with Crippen molar-refractivity contribution in [2.24, 2.45) is 0 Å². The molecule has 4 aromatic rings. The van der Waals surface area contributed by atoms with Gasteiger partial charge in [-0.25, -0.2) is 13.8 Å². The fraction of sp³-hybridized carbons (Fsp3) is 0.167. The van der Waals surface area contributed by atoms with Crippen molar-refractivity contribution < 1.29 is 13.6 Å².